The predicted octanol–water partition coefficient (Wildman–Crippen LogP) is 10.6. The van der Waals surface area contributed by atoms with Gasteiger partial charge in [0.15, 0.2) is 46.0 Å². The van der Waals surface area contributed by atoms with Crippen LogP contribution in [0.15, 0.2) is 133 Å². The van der Waals surface area contributed by atoms with Crippen LogP contribution >= 0.6 is 11.6 Å². The van der Waals surface area contributed by atoms with Crippen LogP contribution in [0.2, 0.25) is 0 Å². The van der Waals surface area contributed by atoms with Crippen molar-refractivity contribution in [3.63, 3.8) is 0 Å². The molecule has 2 aliphatic heterocycles. The number of nitro benzene ring substituents is 1. The molecule has 0 spiro atoms. The molecule has 2 saturated heterocycles. The number of carbonyl (C=O) groups is 4. The number of halogens is 1. The number of methoxy groups -OCH3 is 8. The predicted molar refractivity (Wildman–Crippen MR) is 285 cm³/mol. The highest BCUT2D eigenvalue weighted by Crippen LogP contribution is 2.50. The summed E-state index contributed by atoms with van der Waals surface area (Å²) < 4.78 is 48.3. The SMILES string of the molecule is C.C=C1C(=O)N(c2cc(OC)c(OC)c(OC)c2)[C@H]1c1ccc(OC)c(O)c1.C=C1C(=O)N(c2cc(OC)c(OC)c(OC)c2)[C@H]1c1ccc(OC)c(OC(=O)c2ccc([N+](=O)[O-])cc2)c1.Cc1ccc(C(=O)Cl)cc1. The minimum atomic E-state index is -0.736. The van der Waals surface area contributed by atoms with Crippen molar-refractivity contribution in [3.8, 4) is 57.5 Å². The van der Waals surface area contributed by atoms with E-state index in [1.54, 1.807) is 77.7 Å². The van der Waals surface area contributed by atoms with Crippen molar-refractivity contribution in [2.45, 2.75) is 26.4 Å². The van der Waals surface area contributed by atoms with E-state index in [9.17, 15) is 34.4 Å². The Morgan fingerprint density at radius 1 is 0.553 bits per heavy atom. The molecule has 1 N–H and O–H groups in total. The summed E-state index contributed by atoms with van der Waals surface area (Å²) in [4.78, 5) is 62.1. The second-order valence-corrected chi connectivity index (χ2v) is 16.5. The first-order valence-electron chi connectivity index (χ1n) is 22.3. The van der Waals surface area contributed by atoms with Crippen LogP contribution in [0.1, 0.15) is 56.9 Å². The van der Waals surface area contributed by atoms with Crippen LogP contribution in [0.5, 0.6) is 57.5 Å². The van der Waals surface area contributed by atoms with Crippen molar-refractivity contribution in [3.05, 3.63) is 171 Å². The number of amides is 2. The number of esters is 1. The summed E-state index contributed by atoms with van der Waals surface area (Å²) in [7, 11) is 11.9. The fraction of sp³-hybridized carbons (Fsp3) is 0.214. The summed E-state index contributed by atoms with van der Waals surface area (Å²) >= 11 is 5.22. The quantitative estimate of drug-likeness (QED) is 0.0181. The Morgan fingerprint density at radius 3 is 1.32 bits per heavy atom. The standard InChI is InChI=1S/C27H24N2O9.C20H21NO6.C8H7ClO.CH4/c1-15-24(28(26(15)30)19-13-22(35-3)25(37-5)23(14-19)36-4)17-8-11-20(34-2)21(12-17)38-27(31)16-6-9-18(10-7-16)29(32)33;1-11-18(12-6-7-15(24-2)14(22)8-12)21(20(11)23)13-9-16(25-3)19(27-5)17(10-13)26-4;1-6-2-4-7(5-3-6)8(9)10;/h6-14,24H,1H2,2-5H3;6-10,18,22H,1H2,2-5H3;2-5H,1H3;1H4/t24-;18-;;/m11../s1. The Hall–Kier alpha value is -9.23. The Bertz CT molecular complexity index is 3130. The van der Waals surface area contributed by atoms with Crippen molar-refractivity contribution in [1.82, 2.24) is 0 Å². The average molecular weight is 1060 g/mol. The number of hydrogen-bond acceptors (Lipinski definition) is 16. The van der Waals surface area contributed by atoms with E-state index in [0.717, 1.165) is 5.56 Å². The van der Waals surface area contributed by atoms with Gasteiger partial charge in [0.25, 0.3) is 22.7 Å². The molecule has 0 saturated carbocycles. The number of aryl methyl sites for hydroxylation is 1. The van der Waals surface area contributed by atoms with Crippen molar-refractivity contribution in [1.29, 1.82) is 0 Å². The Morgan fingerprint density at radius 2 is 0.947 bits per heavy atom. The first-order valence-corrected chi connectivity index (χ1v) is 22.7. The molecule has 0 aliphatic carbocycles. The van der Waals surface area contributed by atoms with E-state index in [2.05, 4.69) is 13.2 Å². The van der Waals surface area contributed by atoms with E-state index in [0.29, 0.717) is 79.5 Å². The summed E-state index contributed by atoms with van der Waals surface area (Å²) in [6, 6.07) is 27.8. The van der Waals surface area contributed by atoms with Gasteiger partial charge in [-0.2, -0.15) is 0 Å². The van der Waals surface area contributed by atoms with E-state index in [-0.39, 0.29) is 47.7 Å². The summed E-state index contributed by atoms with van der Waals surface area (Å²) in [5, 5.41) is 20.6. The molecule has 2 fully saturated rings. The van der Waals surface area contributed by atoms with E-state index >= 15 is 0 Å². The van der Waals surface area contributed by atoms with Crippen LogP contribution in [0, 0.1) is 17.0 Å². The van der Waals surface area contributed by atoms with E-state index in [1.165, 1.54) is 86.0 Å². The maximum atomic E-state index is 12.9. The Labute approximate surface area is 444 Å². The van der Waals surface area contributed by atoms with Crippen LogP contribution < -0.4 is 52.4 Å². The highest BCUT2D eigenvalue weighted by atomic mass is 35.5. The van der Waals surface area contributed by atoms with Crippen LogP contribution in [-0.4, -0.2) is 89.9 Å². The first kappa shape index (κ1) is 57.7. The molecule has 8 rings (SSSR count). The third-order valence-corrected chi connectivity index (χ3v) is 12.1. The highest BCUT2D eigenvalue weighted by Gasteiger charge is 2.45. The largest absolute Gasteiger partial charge is 0.504 e. The lowest BCUT2D eigenvalue weighted by atomic mass is 9.88. The Balaban J connectivity index is 0.000000243. The maximum Gasteiger partial charge on any atom is 0.343 e. The normalized spacial score (nSPS) is 14.1. The number of nitrogens with zero attached hydrogens (tertiary/aromatic N) is 3. The molecule has 0 radical (unpaired) electrons. The van der Waals surface area contributed by atoms with Crippen molar-refractivity contribution in [2.24, 2.45) is 0 Å². The van der Waals surface area contributed by atoms with Crippen molar-refractivity contribution >= 4 is 51.7 Å². The lowest BCUT2D eigenvalue weighted by Gasteiger charge is -2.42. The molecule has 398 valence electrons. The van der Waals surface area contributed by atoms with Gasteiger partial charge in [-0.3, -0.25) is 34.3 Å². The molecule has 20 heteroatoms. The summed E-state index contributed by atoms with van der Waals surface area (Å²) in [6.45, 7) is 9.76. The molecule has 0 bridgehead atoms. The second kappa shape index (κ2) is 25.1. The molecule has 0 unspecified atom stereocenters. The number of rotatable bonds is 16. The van der Waals surface area contributed by atoms with Gasteiger partial charge in [-0.05, 0) is 78.2 Å². The molecule has 19 nitrogen and oxygen atoms in total. The summed E-state index contributed by atoms with van der Waals surface area (Å²) in [5.41, 5.74) is 4.77. The number of carbonyl (C=O) groups excluding carboxylic acids is 4. The molecule has 76 heavy (non-hydrogen) atoms. The molecule has 6 aromatic carbocycles. The highest BCUT2D eigenvalue weighted by molar-refractivity contribution is 6.67. The van der Waals surface area contributed by atoms with Crippen molar-refractivity contribution < 1.29 is 71.8 Å². The lowest BCUT2D eigenvalue weighted by Crippen LogP contribution is -2.48. The van der Waals surface area contributed by atoms with Gasteiger partial charge >= 0.3 is 5.97 Å². The van der Waals surface area contributed by atoms with Gasteiger partial charge in [-0.1, -0.05) is 50.4 Å². The van der Waals surface area contributed by atoms with Gasteiger partial charge in [0.2, 0.25) is 11.5 Å². The van der Waals surface area contributed by atoms with Gasteiger partial charge in [0, 0.05) is 53.1 Å². The number of phenolic OH excluding ortho intramolecular Hbond substituents is 1. The van der Waals surface area contributed by atoms with Crippen LogP contribution in [0.4, 0.5) is 17.1 Å². The smallest absolute Gasteiger partial charge is 0.343 e. The minimum absolute atomic E-state index is 0. The molecule has 0 aromatic heterocycles. The van der Waals surface area contributed by atoms with Gasteiger partial charge in [0.05, 0.1) is 90.8 Å². The average Bonchev–Trinajstić information content (AvgIpc) is 3.42. The fourth-order valence-corrected chi connectivity index (χ4v) is 8.11. The number of β-lactam (4-membered cyclic amide) rings is 2. The van der Waals surface area contributed by atoms with Gasteiger partial charge < -0.3 is 47.7 Å². The molecule has 2 heterocycles. The number of ether oxygens (including phenoxy) is 9. The first-order chi connectivity index (χ1) is 35.9. The zero-order valence-electron chi connectivity index (χ0n) is 42.3. The third kappa shape index (κ3) is 11.9. The molecule has 6 aromatic rings. The van der Waals surface area contributed by atoms with Crippen LogP contribution in [0.3, 0.4) is 0 Å². The van der Waals surface area contributed by atoms with E-state index in [1.807, 2.05) is 19.1 Å². The van der Waals surface area contributed by atoms with Crippen LogP contribution in [0.25, 0.3) is 0 Å². The number of hydrogen-bond donors (Lipinski definition) is 1. The summed E-state index contributed by atoms with van der Waals surface area (Å²) in [5.74, 6) is 1.92. The molecular formula is C56H56ClN3O16. The van der Waals surface area contributed by atoms with Crippen molar-refractivity contribution in [2.75, 3.05) is 66.7 Å². The third-order valence-electron chi connectivity index (χ3n) is 11.8. The van der Waals surface area contributed by atoms with Gasteiger partial charge in [-0.15, -0.1) is 0 Å². The number of phenols is 1. The number of aromatic hydroxyl groups is 1. The number of benzene rings is 6. The monoisotopic (exact) mass is 1060 g/mol. The van der Waals surface area contributed by atoms with Gasteiger partial charge in [0.1, 0.15) is 0 Å². The maximum absolute atomic E-state index is 12.9. The zero-order valence-corrected chi connectivity index (χ0v) is 43.0. The number of anilines is 2. The molecule has 2 amide bonds. The van der Waals surface area contributed by atoms with E-state index < -0.39 is 28.2 Å². The van der Waals surface area contributed by atoms with E-state index in [4.69, 9.17) is 54.2 Å². The molecular weight excluding hydrogens is 1010 g/mol. The zero-order chi connectivity index (χ0) is 54.8. The topological polar surface area (TPSA) is 221 Å². The summed E-state index contributed by atoms with van der Waals surface area (Å²) in [6.07, 6.45) is 0. The lowest BCUT2D eigenvalue weighted by molar-refractivity contribution is -0.384. The number of nitro groups is 1. The van der Waals surface area contributed by atoms with Crippen LogP contribution in [-0.2, 0) is 9.59 Å². The second-order valence-electron chi connectivity index (χ2n) is 16.1. The molecule has 2 aliphatic rings. The number of non-ortho nitro benzene ring substituents is 1. The molecule has 2 atom stereocenters. The Kier molecular flexibility index (Phi) is 19.1. The minimum Gasteiger partial charge on any atom is -0.504 e. The van der Waals surface area contributed by atoms with Gasteiger partial charge in [-0.25, -0.2) is 4.79 Å². The fourth-order valence-electron chi connectivity index (χ4n) is 7.99.